The molecule has 2 aromatic rings. The second-order valence-electron chi connectivity index (χ2n) is 4.68. The fourth-order valence-electron chi connectivity index (χ4n) is 2.14. The summed E-state index contributed by atoms with van der Waals surface area (Å²) in [6, 6.07) is 15.6. The minimum Gasteiger partial charge on any atom is -0.469 e. The predicted octanol–water partition coefficient (Wildman–Crippen LogP) is 4.24. The molecule has 0 saturated carbocycles. The van der Waals surface area contributed by atoms with Crippen LogP contribution in [0.25, 0.3) is 0 Å². The van der Waals surface area contributed by atoms with Gasteiger partial charge in [0.2, 0.25) is 0 Å². The average Bonchev–Trinajstić information content (AvgIpc) is 2.55. The molecule has 0 fully saturated rings. The van der Waals surface area contributed by atoms with Gasteiger partial charge in [0.25, 0.3) is 0 Å². The molecule has 0 aromatic heterocycles. The molecule has 0 aliphatic heterocycles. The molecule has 0 aliphatic rings. The van der Waals surface area contributed by atoms with Crippen LogP contribution in [0.1, 0.15) is 21.8 Å². The first-order valence-corrected chi connectivity index (χ1v) is 7.90. The van der Waals surface area contributed by atoms with E-state index in [1.165, 1.54) is 7.11 Å². The van der Waals surface area contributed by atoms with Crippen LogP contribution >= 0.6 is 27.5 Å². The summed E-state index contributed by atoms with van der Waals surface area (Å²) < 4.78 is 4.85. The highest BCUT2D eigenvalue weighted by Gasteiger charge is 2.34. The summed E-state index contributed by atoms with van der Waals surface area (Å²) in [5, 5.41) is 0.551. The molecule has 114 valence electrons. The molecule has 0 N–H and O–H groups in total. The number of methoxy groups -OCH3 is 1. The van der Waals surface area contributed by atoms with E-state index in [9.17, 15) is 9.59 Å². The number of ether oxygens (including phenoxy) is 1. The van der Waals surface area contributed by atoms with Crippen molar-refractivity contribution in [3.8, 4) is 0 Å². The maximum atomic E-state index is 12.6. The number of rotatable bonds is 5. The Balaban J connectivity index is 2.33. The average molecular weight is 382 g/mol. The molecule has 0 bridgehead atoms. The van der Waals surface area contributed by atoms with Gasteiger partial charge >= 0.3 is 5.97 Å². The van der Waals surface area contributed by atoms with Gasteiger partial charge in [-0.3, -0.25) is 9.59 Å². The number of carbonyl (C=O) groups excluding carboxylic acids is 2. The Morgan fingerprint density at radius 1 is 1.05 bits per heavy atom. The van der Waals surface area contributed by atoms with E-state index in [-0.39, 0.29) is 5.78 Å². The van der Waals surface area contributed by atoms with E-state index in [1.807, 2.05) is 18.2 Å². The van der Waals surface area contributed by atoms with E-state index < -0.39 is 16.7 Å². The van der Waals surface area contributed by atoms with Crippen LogP contribution in [0.3, 0.4) is 0 Å². The van der Waals surface area contributed by atoms with E-state index in [2.05, 4.69) is 15.9 Å². The number of carbonyl (C=O) groups is 2. The minimum atomic E-state index is -0.719. The van der Waals surface area contributed by atoms with Crippen LogP contribution in [0.2, 0.25) is 5.02 Å². The maximum absolute atomic E-state index is 12.6. The largest absolute Gasteiger partial charge is 0.469 e. The Labute approximate surface area is 142 Å². The summed E-state index contributed by atoms with van der Waals surface area (Å²) >= 11 is 9.19. The van der Waals surface area contributed by atoms with Crippen LogP contribution in [-0.2, 0) is 9.53 Å². The molecule has 2 rings (SSSR count). The third kappa shape index (κ3) is 3.76. The van der Waals surface area contributed by atoms with Crippen LogP contribution in [-0.4, -0.2) is 23.7 Å². The Morgan fingerprint density at radius 2 is 1.64 bits per heavy atom. The van der Waals surface area contributed by atoms with Crippen molar-refractivity contribution in [2.75, 3.05) is 7.11 Å². The molecule has 0 amide bonds. The first-order valence-electron chi connectivity index (χ1n) is 6.61. The number of hydrogen-bond acceptors (Lipinski definition) is 3. The molecular formula is C17H14BrClO3. The Hall–Kier alpha value is -1.65. The number of benzene rings is 2. The predicted molar refractivity (Wildman–Crippen MR) is 89.7 cm³/mol. The van der Waals surface area contributed by atoms with Gasteiger partial charge < -0.3 is 4.74 Å². The van der Waals surface area contributed by atoms with Crippen LogP contribution in [0.5, 0.6) is 0 Å². The van der Waals surface area contributed by atoms with Crippen LogP contribution in [0, 0.1) is 0 Å². The summed E-state index contributed by atoms with van der Waals surface area (Å²) in [4.78, 5) is 24.0. The number of hydrogen-bond donors (Lipinski definition) is 0. The molecule has 0 spiro atoms. The molecule has 2 aromatic carbocycles. The normalized spacial score (nSPS) is 13.2. The monoisotopic (exact) mass is 380 g/mol. The van der Waals surface area contributed by atoms with Crippen LogP contribution in [0.15, 0.2) is 54.6 Å². The highest BCUT2D eigenvalue weighted by molar-refractivity contribution is 9.10. The molecule has 0 aliphatic carbocycles. The standard InChI is InChI=1S/C17H14BrClO3/c1-22-17(21)14(11-5-3-2-4-6-11)15(18)16(20)12-7-9-13(19)10-8-12/h2-10,14-15H,1H3/t14-,15+/m0/s1. The maximum Gasteiger partial charge on any atom is 0.314 e. The lowest BCUT2D eigenvalue weighted by Crippen LogP contribution is -2.29. The van der Waals surface area contributed by atoms with Crippen molar-refractivity contribution >= 4 is 39.3 Å². The van der Waals surface area contributed by atoms with Gasteiger partial charge in [-0.15, -0.1) is 0 Å². The summed E-state index contributed by atoms with van der Waals surface area (Å²) in [7, 11) is 1.31. The highest BCUT2D eigenvalue weighted by Crippen LogP contribution is 2.29. The third-order valence-electron chi connectivity index (χ3n) is 3.29. The second kappa shape index (κ2) is 7.56. The molecule has 0 unspecified atom stereocenters. The highest BCUT2D eigenvalue weighted by atomic mass is 79.9. The molecule has 0 saturated heterocycles. The first-order chi connectivity index (χ1) is 10.5. The Bertz CT molecular complexity index is 655. The summed E-state index contributed by atoms with van der Waals surface area (Å²) in [6.07, 6.45) is 0. The van der Waals surface area contributed by atoms with E-state index in [1.54, 1.807) is 36.4 Å². The van der Waals surface area contributed by atoms with Crippen molar-refractivity contribution in [2.45, 2.75) is 10.7 Å². The van der Waals surface area contributed by atoms with Crippen molar-refractivity contribution in [2.24, 2.45) is 0 Å². The van der Waals surface area contributed by atoms with E-state index in [4.69, 9.17) is 16.3 Å². The van der Waals surface area contributed by atoms with Crippen LogP contribution < -0.4 is 0 Å². The quantitative estimate of drug-likeness (QED) is 0.442. The van der Waals surface area contributed by atoms with Crippen molar-refractivity contribution < 1.29 is 14.3 Å². The fourth-order valence-corrected chi connectivity index (χ4v) is 3.05. The van der Waals surface area contributed by atoms with Gasteiger partial charge in [-0.2, -0.15) is 0 Å². The summed E-state index contributed by atoms with van der Waals surface area (Å²) in [5.74, 6) is -1.37. The third-order valence-corrected chi connectivity index (χ3v) is 4.48. The zero-order valence-corrected chi connectivity index (χ0v) is 14.2. The van der Waals surface area contributed by atoms with Gasteiger partial charge in [0.05, 0.1) is 11.9 Å². The van der Waals surface area contributed by atoms with Crippen molar-refractivity contribution in [1.29, 1.82) is 0 Å². The van der Waals surface area contributed by atoms with Crippen molar-refractivity contribution in [3.05, 3.63) is 70.7 Å². The SMILES string of the molecule is COC(=O)[C@@H](c1ccccc1)[C@@H](Br)C(=O)c1ccc(Cl)cc1. The lowest BCUT2D eigenvalue weighted by molar-refractivity contribution is -0.142. The van der Waals surface area contributed by atoms with Gasteiger partial charge in [-0.05, 0) is 29.8 Å². The molecule has 5 heteroatoms. The fraction of sp³-hybridized carbons (Fsp3) is 0.176. The van der Waals surface area contributed by atoms with Gasteiger partial charge in [0, 0.05) is 10.6 Å². The van der Waals surface area contributed by atoms with Crippen molar-refractivity contribution in [1.82, 2.24) is 0 Å². The van der Waals surface area contributed by atoms with Gasteiger partial charge in [0.1, 0.15) is 5.92 Å². The van der Waals surface area contributed by atoms with E-state index in [0.717, 1.165) is 5.56 Å². The Kier molecular flexibility index (Phi) is 5.75. The molecule has 3 nitrogen and oxygen atoms in total. The minimum absolute atomic E-state index is 0.198. The number of ketones is 1. The Morgan fingerprint density at radius 3 is 2.18 bits per heavy atom. The van der Waals surface area contributed by atoms with E-state index >= 15 is 0 Å². The zero-order chi connectivity index (χ0) is 16.1. The summed E-state index contributed by atoms with van der Waals surface area (Å²) in [5.41, 5.74) is 1.20. The van der Waals surface area contributed by atoms with Crippen molar-refractivity contribution in [3.63, 3.8) is 0 Å². The lowest BCUT2D eigenvalue weighted by atomic mass is 9.91. The number of Topliss-reactive ketones (excluding diaryl/α,β-unsaturated/α-hetero) is 1. The number of halogens is 2. The van der Waals surface area contributed by atoms with Gasteiger partial charge in [0.15, 0.2) is 5.78 Å². The smallest absolute Gasteiger partial charge is 0.314 e. The van der Waals surface area contributed by atoms with E-state index in [0.29, 0.717) is 10.6 Å². The topological polar surface area (TPSA) is 43.4 Å². The second-order valence-corrected chi connectivity index (χ2v) is 6.11. The first kappa shape index (κ1) is 16.7. The lowest BCUT2D eigenvalue weighted by Gasteiger charge is -2.20. The molecule has 0 heterocycles. The zero-order valence-electron chi connectivity index (χ0n) is 11.8. The van der Waals surface area contributed by atoms with Crippen LogP contribution in [0.4, 0.5) is 0 Å². The number of alkyl halides is 1. The van der Waals surface area contributed by atoms with Gasteiger partial charge in [-0.1, -0.05) is 57.9 Å². The number of esters is 1. The molecule has 22 heavy (non-hydrogen) atoms. The molecular weight excluding hydrogens is 368 g/mol. The molecule has 0 radical (unpaired) electrons. The van der Waals surface area contributed by atoms with Gasteiger partial charge in [-0.25, -0.2) is 0 Å². The molecule has 2 atom stereocenters. The summed E-state index contributed by atoms with van der Waals surface area (Å²) in [6.45, 7) is 0.